The number of hydrogen-bond acceptors (Lipinski definition) is 2. The fourth-order valence-corrected chi connectivity index (χ4v) is 2.76. The molecule has 0 saturated heterocycles. The number of hydrogen-bond donors (Lipinski definition) is 2. The highest BCUT2D eigenvalue weighted by Gasteiger charge is 2.43. The normalized spacial score (nSPS) is 17.3. The second-order valence-corrected chi connectivity index (χ2v) is 5.68. The second-order valence-electron chi connectivity index (χ2n) is 5.68. The summed E-state index contributed by atoms with van der Waals surface area (Å²) in [5.41, 5.74) is 0.461. The molecule has 1 aliphatic rings. The molecule has 0 aromatic heterocycles. The number of carbonyl (C=O) groups is 2. The van der Waals surface area contributed by atoms with Crippen LogP contribution in [0.15, 0.2) is 43.0 Å². The number of nitrogens with one attached hydrogen (secondary N) is 1. The van der Waals surface area contributed by atoms with Gasteiger partial charge in [-0.05, 0) is 24.8 Å². The molecule has 0 heterocycles. The Balaban J connectivity index is 2.04. The molecule has 4 nitrogen and oxygen atoms in total. The Morgan fingerprint density at radius 1 is 1.33 bits per heavy atom. The Morgan fingerprint density at radius 2 is 2.00 bits per heavy atom. The van der Waals surface area contributed by atoms with E-state index >= 15 is 0 Å². The average molecular weight is 287 g/mol. The van der Waals surface area contributed by atoms with Gasteiger partial charge in [0.25, 0.3) is 0 Å². The van der Waals surface area contributed by atoms with Gasteiger partial charge in [-0.2, -0.15) is 0 Å². The number of rotatable bonds is 7. The fourth-order valence-electron chi connectivity index (χ4n) is 2.76. The van der Waals surface area contributed by atoms with Crippen LogP contribution in [0.1, 0.15) is 31.2 Å². The van der Waals surface area contributed by atoms with Crippen molar-refractivity contribution in [2.24, 2.45) is 5.41 Å². The smallest absolute Gasteiger partial charge is 0.326 e. The van der Waals surface area contributed by atoms with Crippen LogP contribution in [-0.4, -0.2) is 23.0 Å². The highest BCUT2D eigenvalue weighted by atomic mass is 16.4. The van der Waals surface area contributed by atoms with Crippen molar-refractivity contribution < 1.29 is 14.7 Å². The molecular formula is C17H21NO3. The molecule has 2 rings (SSSR count). The molecule has 0 spiro atoms. The first-order chi connectivity index (χ1) is 10.1. The third-order valence-corrected chi connectivity index (χ3v) is 4.21. The van der Waals surface area contributed by atoms with E-state index < -0.39 is 17.4 Å². The molecule has 0 aliphatic heterocycles. The molecule has 1 aromatic carbocycles. The SMILES string of the molecule is C=CCC1(C(=O)NC(Cc2ccccc2)C(=O)O)CCC1. The van der Waals surface area contributed by atoms with Crippen molar-refractivity contribution in [1.29, 1.82) is 0 Å². The number of carbonyl (C=O) groups excluding carboxylic acids is 1. The lowest BCUT2D eigenvalue weighted by molar-refractivity contribution is -0.145. The first kappa shape index (κ1) is 15.3. The summed E-state index contributed by atoms with van der Waals surface area (Å²) in [6.07, 6.45) is 5.27. The molecule has 1 aromatic rings. The summed E-state index contributed by atoms with van der Waals surface area (Å²) >= 11 is 0. The van der Waals surface area contributed by atoms with Gasteiger partial charge in [0.1, 0.15) is 6.04 Å². The van der Waals surface area contributed by atoms with Gasteiger partial charge in [0.2, 0.25) is 5.91 Å². The Labute approximate surface area is 124 Å². The zero-order valence-electron chi connectivity index (χ0n) is 12.0. The molecular weight excluding hydrogens is 266 g/mol. The van der Waals surface area contributed by atoms with Gasteiger partial charge >= 0.3 is 5.97 Å². The van der Waals surface area contributed by atoms with E-state index in [1.165, 1.54) is 0 Å². The maximum absolute atomic E-state index is 12.4. The van der Waals surface area contributed by atoms with E-state index in [1.54, 1.807) is 6.08 Å². The van der Waals surface area contributed by atoms with Gasteiger partial charge in [0, 0.05) is 6.42 Å². The Hall–Kier alpha value is -2.10. The molecule has 1 unspecified atom stereocenters. The number of amides is 1. The van der Waals surface area contributed by atoms with Crippen molar-refractivity contribution in [3.63, 3.8) is 0 Å². The van der Waals surface area contributed by atoms with Crippen molar-refractivity contribution in [3.8, 4) is 0 Å². The van der Waals surface area contributed by atoms with E-state index in [0.29, 0.717) is 12.8 Å². The van der Waals surface area contributed by atoms with Gasteiger partial charge in [0.05, 0.1) is 5.41 Å². The Kier molecular flexibility index (Phi) is 4.78. The lowest BCUT2D eigenvalue weighted by Gasteiger charge is -2.40. The first-order valence-corrected chi connectivity index (χ1v) is 7.26. The lowest BCUT2D eigenvalue weighted by atomic mass is 9.66. The monoisotopic (exact) mass is 287 g/mol. The van der Waals surface area contributed by atoms with Gasteiger partial charge in [-0.1, -0.05) is 42.8 Å². The summed E-state index contributed by atoms with van der Waals surface area (Å²) in [5, 5.41) is 12.0. The Bertz CT molecular complexity index is 520. The van der Waals surface area contributed by atoms with Crippen molar-refractivity contribution >= 4 is 11.9 Å². The van der Waals surface area contributed by atoms with E-state index in [1.807, 2.05) is 30.3 Å². The van der Waals surface area contributed by atoms with Crippen LogP contribution in [0.4, 0.5) is 0 Å². The van der Waals surface area contributed by atoms with Crippen LogP contribution >= 0.6 is 0 Å². The molecule has 21 heavy (non-hydrogen) atoms. The molecule has 1 fully saturated rings. The molecule has 1 saturated carbocycles. The van der Waals surface area contributed by atoms with Crippen LogP contribution < -0.4 is 5.32 Å². The summed E-state index contributed by atoms with van der Waals surface area (Å²) in [6, 6.07) is 8.45. The molecule has 112 valence electrons. The fraction of sp³-hybridized carbons (Fsp3) is 0.412. The highest BCUT2D eigenvalue weighted by Crippen LogP contribution is 2.44. The zero-order valence-corrected chi connectivity index (χ0v) is 12.0. The standard InChI is InChI=1S/C17H21NO3/c1-2-9-17(10-6-11-17)16(21)18-14(15(19)20)12-13-7-4-3-5-8-13/h2-5,7-8,14H,1,6,9-12H2,(H,18,21)(H,19,20). The number of benzene rings is 1. The van der Waals surface area contributed by atoms with Crippen LogP contribution in [0, 0.1) is 5.41 Å². The van der Waals surface area contributed by atoms with Gasteiger partial charge in [-0.15, -0.1) is 6.58 Å². The molecule has 1 atom stereocenters. The maximum Gasteiger partial charge on any atom is 0.326 e. The number of carboxylic acids is 1. The van der Waals surface area contributed by atoms with Gasteiger partial charge in [-0.3, -0.25) is 4.79 Å². The minimum atomic E-state index is -1.000. The number of allylic oxidation sites excluding steroid dienone is 1. The molecule has 2 N–H and O–H groups in total. The van der Waals surface area contributed by atoms with Crippen LogP contribution in [0.2, 0.25) is 0 Å². The third-order valence-electron chi connectivity index (χ3n) is 4.21. The summed E-state index contributed by atoms with van der Waals surface area (Å²) in [5.74, 6) is -1.16. The lowest BCUT2D eigenvalue weighted by Crippen LogP contribution is -2.51. The average Bonchev–Trinajstić information content (AvgIpc) is 2.43. The highest BCUT2D eigenvalue weighted by molar-refractivity contribution is 5.88. The summed E-state index contributed by atoms with van der Waals surface area (Å²) in [4.78, 5) is 23.8. The van der Waals surface area contributed by atoms with Gasteiger partial charge in [-0.25, -0.2) is 4.79 Å². The largest absolute Gasteiger partial charge is 0.480 e. The van der Waals surface area contributed by atoms with Crippen molar-refractivity contribution in [2.75, 3.05) is 0 Å². The van der Waals surface area contributed by atoms with Crippen LogP contribution in [0.3, 0.4) is 0 Å². The minimum absolute atomic E-state index is 0.156. The molecule has 4 heteroatoms. The topological polar surface area (TPSA) is 66.4 Å². The van der Waals surface area contributed by atoms with E-state index in [-0.39, 0.29) is 5.91 Å². The van der Waals surface area contributed by atoms with Crippen molar-refractivity contribution in [1.82, 2.24) is 5.32 Å². The van der Waals surface area contributed by atoms with Gasteiger partial charge in [0.15, 0.2) is 0 Å². The molecule has 0 radical (unpaired) electrons. The Morgan fingerprint density at radius 3 is 2.48 bits per heavy atom. The van der Waals surface area contributed by atoms with E-state index in [9.17, 15) is 14.7 Å². The summed E-state index contributed by atoms with van der Waals surface area (Å²) in [7, 11) is 0. The molecule has 0 bridgehead atoms. The summed E-state index contributed by atoms with van der Waals surface area (Å²) in [6.45, 7) is 3.70. The van der Waals surface area contributed by atoms with Crippen LogP contribution in [-0.2, 0) is 16.0 Å². The second kappa shape index (κ2) is 6.57. The van der Waals surface area contributed by atoms with Gasteiger partial charge < -0.3 is 10.4 Å². The van der Waals surface area contributed by atoms with E-state index in [2.05, 4.69) is 11.9 Å². The van der Waals surface area contributed by atoms with Crippen molar-refractivity contribution in [2.45, 2.75) is 38.1 Å². The molecule has 1 aliphatic carbocycles. The molecule has 1 amide bonds. The maximum atomic E-state index is 12.4. The zero-order chi connectivity index (χ0) is 15.3. The van der Waals surface area contributed by atoms with Crippen LogP contribution in [0.25, 0.3) is 0 Å². The first-order valence-electron chi connectivity index (χ1n) is 7.26. The van der Waals surface area contributed by atoms with E-state index in [0.717, 1.165) is 24.8 Å². The van der Waals surface area contributed by atoms with Crippen molar-refractivity contribution in [3.05, 3.63) is 48.6 Å². The number of carboxylic acid groups (broad SMARTS) is 1. The number of aliphatic carboxylic acids is 1. The quantitative estimate of drug-likeness (QED) is 0.757. The summed E-state index contributed by atoms with van der Waals surface area (Å²) < 4.78 is 0. The van der Waals surface area contributed by atoms with Crippen LogP contribution in [0.5, 0.6) is 0 Å². The van der Waals surface area contributed by atoms with E-state index in [4.69, 9.17) is 0 Å². The predicted octanol–water partition coefficient (Wildman–Crippen LogP) is 2.54. The predicted molar refractivity (Wildman–Crippen MR) is 80.8 cm³/mol. The third kappa shape index (κ3) is 3.51. The minimum Gasteiger partial charge on any atom is -0.480 e.